The van der Waals surface area contributed by atoms with E-state index in [-0.39, 0.29) is 18.0 Å². The molecule has 0 aliphatic carbocycles. The average molecular weight is 379 g/mol. The van der Waals surface area contributed by atoms with Gasteiger partial charge >= 0.3 is 0 Å². The van der Waals surface area contributed by atoms with Crippen molar-refractivity contribution in [1.29, 1.82) is 0 Å². The summed E-state index contributed by atoms with van der Waals surface area (Å²) in [5.74, 6) is 1.17. The Kier molecular flexibility index (Phi) is 5.74. The number of anilines is 1. The molecule has 0 atom stereocenters. The van der Waals surface area contributed by atoms with Gasteiger partial charge in [0.25, 0.3) is 5.56 Å². The van der Waals surface area contributed by atoms with Gasteiger partial charge in [-0.25, -0.2) is 4.98 Å². The first-order valence-electron chi connectivity index (χ1n) is 8.67. The number of aromatic nitrogens is 2. The van der Waals surface area contributed by atoms with Gasteiger partial charge in [0.2, 0.25) is 5.91 Å². The molecule has 28 heavy (non-hydrogen) atoms. The van der Waals surface area contributed by atoms with Gasteiger partial charge in [-0.05, 0) is 19.1 Å². The van der Waals surface area contributed by atoms with E-state index in [4.69, 9.17) is 9.47 Å². The van der Waals surface area contributed by atoms with Crippen molar-refractivity contribution in [3.05, 3.63) is 70.8 Å². The molecule has 2 aromatic carbocycles. The van der Waals surface area contributed by atoms with Crippen LogP contribution in [0.3, 0.4) is 0 Å². The van der Waals surface area contributed by atoms with Crippen molar-refractivity contribution in [1.82, 2.24) is 9.55 Å². The highest BCUT2D eigenvalue weighted by Crippen LogP contribution is 2.28. The third-order valence-corrected chi connectivity index (χ3v) is 4.25. The minimum Gasteiger partial charge on any atom is -0.497 e. The minimum atomic E-state index is -0.369. The van der Waals surface area contributed by atoms with E-state index < -0.39 is 0 Å². The van der Waals surface area contributed by atoms with Crippen molar-refractivity contribution in [2.24, 2.45) is 0 Å². The Morgan fingerprint density at radius 1 is 1.07 bits per heavy atom. The average Bonchev–Trinajstić information content (AvgIpc) is 2.71. The molecule has 7 nitrogen and oxygen atoms in total. The molecule has 7 heteroatoms. The number of hydrogen-bond acceptors (Lipinski definition) is 5. The number of benzene rings is 2. The summed E-state index contributed by atoms with van der Waals surface area (Å²) in [6.07, 6.45) is 0. The highest BCUT2D eigenvalue weighted by molar-refractivity contribution is 5.92. The summed E-state index contributed by atoms with van der Waals surface area (Å²) in [4.78, 5) is 29.5. The molecule has 0 fully saturated rings. The maximum Gasteiger partial charge on any atom is 0.254 e. The number of aryl methyl sites for hydroxylation is 1. The lowest BCUT2D eigenvalue weighted by Gasteiger charge is -2.14. The molecule has 1 N–H and O–H groups in total. The van der Waals surface area contributed by atoms with Gasteiger partial charge in [0.05, 0.1) is 25.6 Å². The predicted molar refractivity (Wildman–Crippen MR) is 107 cm³/mol. The highest BCUT2D eigenvalue weighted by Gasteiger charge is 2.13. The number of ether oxygens (including phenoxy) is 2. The van der Waals surface area contributed by atoms with Crippen LogP contribution in [0.2, 0.25) is 0 Å². The topological polar surface area (TPSA) is 82.4 Å². The fourth-order valence-electron chi connectivity index (χ4n) is 2.82. The molecule has 1 heterocycles. The van der Waals surface area contributed by atoms with Crippen LogP contribution < -0.4 is 20.3 Å². The third kappa shape index (κ3) is 4.20. The first-order valence-corrected chi connectivity index (χ1v) is 8.67. The highest BCUT2D eigenvalue weighted by atomic mass is 16.5. The monoisotopic (exact) mass is 379 g/mol. The summed E-state index contributed by atoms with van der Waals surface area (Å²) in [5.41, 5.74) is 1.60. The molecule has 0 aliphatic rings. The Balaban J connectivity index is 1.82. The second-order valence-corrected chi connectivity index (χ2v) is 6.09. The van der Waals surface area contributed by atoms with E-state index in [0.29, 0.717) is 28.7 Å². The van der Waals surface area contributed by atoms with Crippen molar-refractivity contribution in [2.45, 2.75) is 13.5 Å². The summed E-state index contributed by atoms with van der Waals surface area (Å²) in [7, 11) is 3.05. The van der Waals surface area contributed by atoms with Gasteiger partial charge < -0.3 is 14.8 Å². The zero-order chi connectivity index (χ0) is 20.1. The van der Waals surface area contributed by atoms with E-state index in [2.05, 4.69) is 10.3 Å². The Hall–Kier alpha value is -3.61. The first-order chi connectivity index (χ1) is 13.5. The van der Waals surface area contributed by atoms with Crippen LogP contribution in [0.1, 0.15) is 5.82 Å². The van der Waals surface area contributed by atoms with Crippen molar-refractivity contribution in [3.8, 4) is 22.8 Å². The lowest BCUT2D eigenvalue weighted by Crippen LogP contribution is -2.30. The number of methoxy groups -OCH3 is 2. The van der Waals surface area contributed by atoms with Gasteiger partial charge in [0.15, 0.2) is 0 Å². The van der Waals surface area contributed by atoms with Crippen molar-refractivity contribution < 1.29 is 14.3 Å². The molecule has 144 valence electrons. The third-order valence-electron chi connectivity index (χ3n) is 4.25. The number of amides is 1. The zero-order valence-electron chi connectivity index (χ0n) is 15.9. The molecule has 0 radical (unpaired) electrons. The Morgan fingerprint density at radius 3 is 2.46 bits per heavy atom. The fraction of sp³-hybridized carbons (Fsp3) is 0.190. The number of carbonyl (C=O) groups excluding carboxylic acids is 1. The zero-order valence-corrected chi connectivity index (χ0v) is 15.9. The lowest BCUT2D eigenvalue weighted by atomic mass is 10.1. The van der Waals surface area contributed by atoms with Crippen LogP contribution in [0.5, 0.6) is 11.5 Å². The van der Waals surface area contributed by atoms with Crippen LogP contribution >= 0.6 is 0 Å². The molecular formula is C21H21N3O4. The number of nitrogens with zero attached hydrogens (tertiary/aromatic N) is 2. The molecule has 0 spiro atoms. The molecule has 1 amide bonds. The Morgan fingerprint density at radius 2 is 1.82 bits per heavy atom. The summed E-state index contributed by atoms with van der Waals surface area (Å²) >= 11 is 0. The SMILES string of the molecule is COc1ccc(OC)c(NC(=O)Cn2c(C)nc(-c3ccccc3)cc2=O)c1. The summed E-state index contributed by atoms with van der Waals surface area (Å²) in [6, 6.07) is 15.9. The molecule has 3 aromatic rings. The van der Waals surface area contributed by atoms with Gasteiger partial charge in [-0.15, -0.1) is 0 Å². The van der Waals surface area contributed by atoms with Crippen LogP contribution in [0.15, 0.2) is 59.4 Å². The maximum absolute atomic E-state index is 12.5. The molecule has 3 rings (SSSR count). The largest absolute Gasteiger partial charge is 0.497 e. The second-order valence-electron chi connectivity index (χ2n) is 6.09. The first kappa shape index (κ1) is 19.2. The van der Waals surface area contributed by atoms with Crippen LogP contribution in [-0.4, -0.2) is 29.7 Å². The van der Waals surface area contributed by atoms with Gasteiger partial charge in [-0.3, -0.25) is 14.2 Å². The second kappa shape index (κ2) is 8.39. The molecule has 0 saturated carbocycles. The standard InChI is InChI=1S/C21H21N3O4/c1-14-22-17(15-7-5-4-6-8-15)12-21(26)24(14)13-20(25)23-18-11-16(27-2)9-10-19(18)28-3/h4-12H,13H2,1-3H3,(H,23,25). The molecule has 0 aliphatic heterocycles. The van der Waals surface area contributed by atoms with E-state index in [9.17, 15) is 9.59 Å². The summed E-state index contributed by atoms with van der Waals surface area (Å²) in [5, 5.41) is 2.75. The maximum atomic E-state index is 12.5. The predicted octanol–water partition coefficient (Wildman–Crippen LogP) is 2.87. The molecule has 0 saturated heterocycles. The lowest BCUT2D eigenvalue weighted by molar-refractivity contribution is -0.116. The van der Waals surface area contributed by atoms with Crippen LogP contribution in [0.4, 0.5) is 5.69 Å². The van der Waals surface area contributed by atoms with E-state index in [1.165, 1.54) is 24.9 Å². The molecular weight excluding hydrogens is 358 g/mol. The van der Waals surface area contributed by atoms with E-state index in [0.717, 1.165) is 5.56 Å². The van der Waals surface area contributed by atoms with Crippen LogP contribution in [0.25, 0.3) is 11.3 Å². The van der Waals surface area contributed by atoms with Gasteiger partial charge in [-0.2, -0.15) is 0 Å². The summed E-state index contributed by atoms with van der Waals surface area (Å²) in [6.45, 7) is 1.54. The van der Waals surface area contributed by atoms with Crippen molar-refractivity contribution in [2.75, 3.05) is 19.5 Å². The van der Waals surface area contributed by atoms with Crippen LogP contribution in [0, 0.1) is 6.92 Å². The van der Waals surface area contributed by atoms with E-state index >= 15 is 0 Å². The fourth-order valence-corrected chi connectivity index (χ4v) is 2.82. The molecule has 0 unspecified atom stereocenters. The van der Waals surface area contributed by atoms with Crippen molar-refractivity contribution in [3.63, 3.8) is 0 Å². The number of nitrogens with one attached hydrogen (secondary N) is 1. The normalized spacial score (nSPS) is 10.4. The molecule has 1 aromatic heterocycles. The van der Waals surface area contributed by atoms with E-state index in [1.54, 1.807) is 25.1 Å². The van der Waals surface area contributed by atoms with Gasteiger partial charge in [-0.1, -0.05) is 30.3 Å². The molecule has 0 bridgehead atoms. The van der Waals surface area contributed by atoms with E-state index in [1.807, 2.05) is 30.3 Å². The number of rotatable bonds is 6. The van der Waals surface area contributed by atoms with Crippen LogP contribution in [-0.2, 0) is 11.3 Å². The minimum absolute atomic E-state index is 0.160. The number of carbonyl (C=O) groups is 1. The van der Waals surface area contributed by atoms with Crippen molar-refractivity contribution >= 4 is 11.6 Å². The van der Waals surface area contributed by atoms with Gasteiger partial charge in [0, 0.05) is 17.7 Å². The Labute approximate surface area is 162 Å². The summed E-state index contributed by atoms with van der Waals surface area (Å²) < 4.78 is 11.8. The Bertz CT molecular complexity index is 1050. The smallest absolute Gasteiger partial charge is 0.254 e. The number of hydrogen-bond donors (Lipinski definition) is 1. The van der Waals surface area contributed by atoms with Gasteiger partial charge in [0.1, 0.15) is 23.9 Å². The quantitative estimate of drug-likeness (QED) is 0.712.